The molecule has 0 aliphatic rings. The van der Waals surface area contributed by atoms with Crippen molar-refractivity contribution in [3.8, 4) is 11.1 Å². The third-order valence-corrected chi connectivity index (χ3v) is 6.72. The van der Waals surface area contributed by atoms with E-state index in [0.29, 0.717) is 0 Å². The highest BCUT2D eigenvalue weighted by Crippen LogP contribution is 2.46. The SMILES string of the molecule is CCCCC(Nc1ccccc1-c1ccccc1)(Sc1ccccc1)c1ccccn1. The molecule has 0 fully saturated rings. The molecule has 156 valence electrons. The van der Waals surface area contributed by atoms with Crippen LogP contribution in [0.4, 0.5) is 5.69 Å². The standard InChI is InChI=1S/C28H28N2S/c1-2-3-21-28(27-20-12-13-22-29-27,31-24-16-8-5-9-17-24)30-26-19-11-10-18-25(26)23-14-6-4-7-15-23/h4-20,22,30H,2-3,21H2,1H3. The van der Waals surface area contributed by atoms with E-state index in [-0.39, 0.29) is 4.87 Å². The van der Waals surface area contributed by atoms with Gasteiger partial charge in [-0.05, 0) is 42.3 Å². The number of nitrogens with one attached hydrogen (secondary N) is 1. The van der Waals surface area contributed by atoms with Crippen molar-refractivity contribution in [1.29, 1.82) is 0 Å². The predicted molar refractivity (Wildman–Crippen MR) is 133 cm³/mol. The maximum atomic E-state index is 4.82. The minimum atomic E-state index is -0.372. The van der Waals surface area contributed by atoms with Crippen LogP contribution in [-0.4, -0.2) is 4.98 Å². The Labute approximate surface area is 189 Å². The molecule has 3 aromatic carbocycles. The number of hydrogen-bond acceptors (Lipinski definition) is 3. The third kappa shape index (κ3) is 5.18. The molecule has 4 rings (SSSR count). The van der Waals surface area contributed by atoms with E-state index < -0.39 is 0 Å². The Hall–Kier alpha value is -3.04. The topological polar surface area (TPSA) is 24.9 Å². The van der Waals surface area contributed by atoms with Crippen LogP contribution in [0.2, 0.25) is 0 Å². The molecule has 2 nitrogen and oxygen atoms in total. The maximum Gasteiger partial charge on any atom is 0.131 e. The van der Waals surface area contributed by atoms with E-state index in [0.717, 1.165) is 30.6 Å². The Morgan fingerprint density at radius 1 is 0.774 bits per heavy atom. The van der Waals surface area contributed by atoms with E-state index in [1.54, 1.807) is 0 Å². The quantitative estimate of drug-likeness (QED) is 0.218. The first-order valence-corrected chi connectivity index (χ1v) is 11.7. The van der Waals surface area contributed by atoms with E-state index in [1.165, 1.54) is 16.0 Å². The number of aromatic nitrogens is 1. The summed E-state index contributed by atoms with van der Waals surface area (Å²) in [5.74, 6) is 0. The van der Waals surface area contributed by atoms with E-state index in [2.05, 4.69) is 109 Å². The van der Waals surface area contributed by atoms with Gasteiger partial charge in [-0.15, -0.1) is 0 Å². The largest absolute Gasteiger partial charge is 0.365 e. The average Bonchev–Trinajstić information content (AvgIpc) is 2.84. The number of rotatable bonds is 9. The molecule has 0 radical (unpaired) electrons. The average molecular weight is 425 g/mol. The summed E-state index contributed by atoms with van der Waals surface area (Å²) in [5, 5.41) is 3.96. The van der Waals surface area contributed by atoms with Gasteiger partial charge < -0.3 is 5.32 Å². The summed E-state index contributed by atoms with van der Waals surface area (Å²) in [6, 6.07) is 36.0. The number of nitrogens with zero attached hydrogens (tertiary/aromatic N) is 1. The van der Waals surface area contributed by atoms with Gasteiger partial charge in [-0.3, -0.25) is 4.98 Å². The molecule has 4 aromatic rings. The monoisotopic (exact) mass is 424 g/mol. The molecule has 0 bridgehead atoms. The molecule has 1 N–H and O–H groups in total. The first-order chi connectivity index (χ1) is 15.3. The second kappa shape index (κ2) is 10.3. The molecule has 1 aromatic heterocycles. The number of benzene rings is 3. The Morgan fingerprint density at radius 3 is 2.16 bits per heavy atom. The van der Waals surface area contributed by atoms with Gasteiger partial charge in [0, 0.05) is 22.3 Å². The van der Waals surface area contributed by atoms with Gasteiger partial charge in [-0.25, -0.2) is 0 Å². The minimum absolute atomic E-state index is 0.372. The lowest BCUT2D eigenvalue weighted by Gasteiger charge is -2.36. The molecule has 0 aliphatic carbocycles. The molecule has 31 heavy (non-hydrogen) atoms. The number of hydrogen-bond donors (Lipinski definition) is 1. The van der Waals surface area contributed by atoms with E-state index in [9.17, 15) is 0 Å². The number of anilines is 1. The van der Waals surface area contributed by atoms with Crippen molar-refractivity contribution in [2.24, 2.45) is 0 Å². The zero-order valence-electron chi connectivity index (χ0n) is 17.9. The summed E-state index contributed by atoms with van der Waals surface area (Å²) in [5.41, 5.74) is 4.59. The highest BCUT2D eigenvalue weighted by molar-refractivity contribution is 8.00. The van der Waals surface area contributed by atoms with Crippen molar-refractivity contribution in [1.82, 2.24) is 4.98 Å². The van der Waals surface area contributed by atoms with Crippen LogP contribution in [-0.2, 0) is 4.87 Å². The Balaban J connectivity index is 1.81. The van der Waals surface area contributed by atoms with Crippen LogP contribution in [0.1, 0.15) is 31.9 Å². The van der Waals surface area contributed by atoms with Gasteiger partial charge in [0.25, 0.3) is 0 Å². The zero-order valence-corrected chi connectivity index (χ0v) is 18.7. The molecule has 0 saturated heterocycles. The Morgan fingerprint density at radius 2 is 1.45 bits per heavy atom. The van der Waals surface area contributed by atoms with Gasteiger partial charge in [0.2, 0.25) is 0 Å². The summed E-state index contributed by atoms with van der Waals surface area (Å²) < 4.78 is 0. The van der Waals surface area contributed by atoms with Gasteiger partial charge in [0.15, 0.2) is 0 Å². The number of pyridine rings is 1. The molecule has 0 spiro atoms. The smallest absolute Gasteiger partial charge is 0.131 e. The van der Waals surface area contributed by atoms with Gasteiger partial charge >= 0.3 is 0 Å². The van der Waals surface area contributed by atoms with E-state index in [1.807, 2.05) is 24.0 Å². The minimum Gasteiger partial charge on any atom is -0.365 e. The van der Waals surface area contributed by atoms with Crippen molar-refractivity contribution in [3.05, 3.63) is 115 Å². The third-order valence-electron chi connectivity index (χ3n) is 5.34. The molecule has 1 heterocycles. The Bertz CT molecular complexity index is 1070. The molecule has 0 amide bonds. The normalized spacial score (nSPS) is 12.8. The molecular formula is C28H28N2S. The Kier molecular flexibility index (Phi) is 7.06. The van der Waals surface area contributed by atoms with Crippen LogP contribution >= 0.6 is 11.8 Å². The van der Waals surface area contributed by atoms with Crippen molar-refractivity contribution in [3.63, 3.8) is 0 Å². The zero-order chi connectivity index (χ0) is 21.4. The lowest BCUT2D eigenvalue weighted by molar-refractivity contribution is 0.576. The fraction of sp³-hybridized carbons (Fsp3) is 0.179. The summed E-state index contributed by atoms with van der Waals surface area (Å²) in [4.78, 5) is 5.67. The van der Waals surface area contributed by atoms with Crippen LogP contribution in [0, 0.1) is 0 Å². The highest BCUT2D eigenvalue weighted by Gasteiger charge is 2.35. The first kappa shape index (κ1) is 21.2. The van der Waals surface area contributed by atoms with E-state index in [4.69, 9.17) is 4.98 Å². The molecule has 1 atom stereocenters. The summed E-state index contributed by atoms with van der Waals surface area (Å²) in [7, 11) is 0. The summed E-state index contributed by atoms with van der Waals surface area (Å²) in [6.45, 7) is 2.24. The van der Waals surface area contributed by atoms with Gasteiger partial charge in [0.05, 0.1) is 5.69 Å². The maximum absolute atomic E-state index is 4.82. The fourth-order valence-corrected chi connectivity index (χ4v) is 5.11. The molecule has 0 saturated carbocycles. The lowest BCUT2D eigenvalue weighted by Crippen LogP contribution is -2.33. The van der Waals surface area contributed by atoms with Crippen molar-refractivity contribution >= 4 is 17.4 Å². The van der Waals surface area contributed by atoms with Crippen molar-refractivity contribution in [2.75, 3.05) is 5.32 Å². The number of thioether (sulfide) groups is 1. The number of para-hydroxylation sites is 1. The fourth-order valence-electron chi connectivity index (χ4n) is 3.78. The van der Waals surface area contributed by atoms with Crippen molar-refractivity contribution < 1.29 is 0 Å². The van der Waals surface area contributed by atoms with Crippen LogP contribution in [0.15, 0.2) is 114 Å². The van der Waals surface area contributed by atoms with Crippen molar-refractivity contribution in [2.45, 2.75) is 36.0 Å². The van der Waals surface area contributed by atoms with Gasteiger partial charge in [-0.2, -0.15) is 0 Å². The summed E-state index contributed by atoms with van der Waals surface area (Å²) >= 11 is 1.85. The van der Waals surface area contributed by atoms with Crippen LogP contribution in [0.25, 0.3) is 11.1 Å². The van der Waals surface area contributed by atoms with Crippen LogP contribution < -0.4 is 5.32 Å². The molecule has 3 heteroatoms. The van der Waals surface area contributed by atoms with E-state index >= 15 is 0 Å². The second-order valence-electron chi connectivity index (χ2n) is 7.60. The van der Waals surface area contributed by atoms with Crippen LogP contribution in [0.3, 0.4) is 0 Å². The lowest BCUT2D eigenvalue weighted by atomic mass is 10.0. The van der Waals surface area contributed by atoms with Gasteiger partial charge in [-0.1, -0.05) is 104 Å². The van der Waals surface area contributed by atoms with Gasteiger partial charge in [0.1, 0.15) is 4.87 Å². The molecule has 1 unspecified atom stereocenters. The molecular weight excluding hydrogens is 396 g/mol. The second-order valence-corrected chi connectivity index (χ2v) is 8.97. The van der Waals surface area contributed by atoms with Crippen LogP contribution in [0.5, 0.6) is 0 Å². The summed E-state index contributed by atoms with van der Waals surface area (Å²) in [6.07, 6.45) is 5.11. The predicted octanol–water partition coefficient (Wildman–Crippen LogP) is 8.00. The first-order valence-electron chi connectivity index (χ1n) is 10.9. The highest BCUT2D eigenvalue weighted by atomic mass is 32.2. The molecule has 0 aliphatic heterocycles. The number of unbranched alkanes of at least 4 members (excludes halogenated alkanes) is 1.